The maximum absolute atomic E-state index is 5.92. The van der Waals surface area contributed by atoms with Gasteiger partial charge in [0, 0.05) is 21.7 Å². The summed E-state index contributed by atoms with van der Waals surface area (Å²) in [6.07, 6.45) is 1.13. The van der Waals surface area contributed by atoms with E-state index in [1.807, 2.05) is 18.2 Å². The fourth-order valence-electron chi connectivity index (χ4n) is 1.21. The molecule has 0 fully saturated rings. The van der Waals surface area contributed by atoms with Gasteiger partial charge in [-0.25, -0.2) is 0 Å². The molecule has 0 heterocycles. The molecule has 0 saturated carbocycles. The van der Waals surface area contributed by atoms with E-state index < -0.39 is 0 Å². The van der Waals surface area contributed by atoms with Crippen molar-refractivity contribution in [3.63, 3.8) is 0 Å². The van der Waals surface area contributed by atoms with Crippen LogP contribution < -0.4 is 5.32 Å². The molecule has 1 nitrogen and oxygen atoms in total. The van der Waals surface area contributed by atoms with Gasteiger partial charge in [-0.05, 0) is 46.0 Å². The molecule has 0 amide bonds. The Morgan fingerprint density at radius 2 is 2.00 bits per heavy atom. The third kappa shape index (κ3) is 4.89. The number of hydrogen-bond donors (Lipinski definition) is 1. The van der Waals surface area contributed by atoms with Gasteiger partial charge in [0.1, 0.15) is 0 Å². The van der Waals surface area contributed by atoms with Crippen LogP contribution in [0, 0.1) is 5.41 Å². The van der Waals surface area contributed by atoms with Crippen LogP contribution in [0.4, 0.5) is 5.69 Å². The Kier molecular flexibility index (Phi) is 4.47. The molecule has 15 heavy (non-hydrogen) atoms. The summed E-state index contributed by atoms with van der Waals surface area (Å²) in [6, 6.07) is 5.77. The van der Waals surface area contributed by atoms with Crippen LogP contribution in [-0.4, -0.2) is 6.54 Å². The number of anilines is 1. The van der Waals surface area contributed by atoms with Crippen molar-refractivity contribution in [3.05, 3.63) is 27.7 Å². The van der Waals surface area contributed by atoms with Crippen LogP contribution in [0.2, 0.25) is 5.02 Å². The highest BCUT2D eigenvalue weighted by Crippen LogP contribution is 2.26. The molecule has 0 bridgehead atoms. The number of nitrogens with one attached hydrogen (secondary N) is 1. The van der Waals surface area contributed by atoms with Crippen molar-refractivity contribution in [2.24, 2.45) is 5.41 Å². The predicted octanol–water partition coefficient (Wildman–Crippen LogP) is 4.95. The molecule has 84 valence electrons. The zero-order valence-electron chi connectivity index (χ0n) is 9.40. The topological polar surface area (TPSA) is 12.0 Å². The maximum Gasteiger partial charge on any atom is 0.0499 e. The Morgan fingerprint density at radius 1 is 1.33 bits per heavy atom. The Morgan fingerprint density at radius 3 is 2.60 bits per heavy atom. The van der Waals surface area contributed by atoms with Gasteiger partial charge < -0.3 is 5.32 Å². The Hall–Kier alpha value is -0.210. The zero-order valence-corrected chi connectivity index (χ0v) is 11.7. The van der Waals surface area contributed by atoms with Crippen molar-refractivity contribution in [2.45, 2.75) is 27.2 Å². The predicted molar refractivity (Wildman–Crippen MR) is 71.7 cm³/mol. The first-order valence-corrected chi connectivity index (χ1v) is 6.24. The second-order valence-electron chi connectivity index (χ2n) is 4.86. The normalized spacial score (nSPS) is 11.5. The van der Waals surface area contributed by atoms with Crippen LogP contribution >= 0.6 is 27.5 Å². The molecular weight excluding hydrogens is 273 g/mol. The van der Waals surface area contributed by atoms with Gasteiger partial charge in [0.25, 0.3) is 0 Å². The van der Waals surface area contributed by atoms with Crippen LogP contribution in [0.1, 0.15) is 27.2 Å². The van der Waals surface area contributed by atoms with Crippen molar-refractivity contribution >= 4 is 33.2 Å². The molecule has 0 atom stereocenters. The summed E-state index contributed by atoms with van der Waals surface area (Å²) in [7, 11) is 0. The van der Waals surface area contributed by atoms with Gasteiger partial charge >= 0.3 is 0 Å². The first-order chi connectivity index (χ1) is 6.88. The lowest BCUT2D eigenvalue weighted by atomic mass is 9.92. The third-order valence-electron chi connectivity index (χ3n) is 2.12. The molecule has 0 aliphatic carbocycles. The van der Waals surface area contributed by atoms with E-state index in [0.29, 0.717) is 5.41 Å². The molecule has 0 aliphatic rings. The summed E-state index contributed by atoms with van der Waals surface area (Å²) in [5.74, 6) is 0. The Balaban J connectivity index is 2.54. The largest absolute Gasteiger partial charge is 0.384 e. The van der Waals surface area contributed by atoms with E-state index in [4.69, 9.17) is 11.6 Å². The van der Waals surface area contributed by atoms with Gasteiger partial charge in [0.05, 0.1) is 0 Å². The average Bonchev–Trinajstić information content (AvgIpc) is 2.09. The van der Waals surface area contributed by atoms with Crippen molar-refractivity contribution in [2.75, 3.05) is 11.9 Å². The molecule has 1 N–H and O–H groups in total. The highest BCUT2D eigenvalue weighted by Gasteiger charge is 2.09. The van der Waals surface area contributed by atoms with E-state index in [1.54, 1.807) is 0 Å². The minimum Gasteiger partial charge on any atom is -0.384 e. The van der Waals surface area contributed by atoms with E-state index in [0.717, 1.165) is 28.1 Å². The van der Waals surface area contributed by atoms with Crippen LogP contribution in [0.5, 0.6) is 0 Å². The summed E-state index contributed by atoms with van der Waals surface area (Å²) in [4.78, 5) is 0. The van der Waals surface area contributed by atoms with E-state index in [9.17, 15) is 0 Å². The lowest BCUT2D eigenvalue weighted by Crippen LogP contribution is -2.12. The summed E-state index contributed by atoms with van der Waals surface area (Å²) in [6.45, 7) is 7.67. The molecule has 0 aliphatic heterocycles. The van der Waals surface area contributed by atoms with Gasteiger partial charge in [0.2, 0.25) is 0 Å². The Labute approximate surface area is 105 Å². The highest BCUT2D eigenvalue weighted by molar-refractivity contribution is 9.10. The van der Waals surface area contributed by atoms with E-state index in [1.165, 1.54) is 0 Å². The van der Waals surface area contributed by atoms with Crippen LogP contribution in [0.25, 0.3) is 0 Å². The van der Waals surface area contributed by atoms with Crippen molar-refractivity contribution < 1.29 is 0 Å². The molecule has 0 spiro atoms. The van der Waals surface area contributed by atoms with Gasteiger partial charge in [-0.1, -0.05) is 32.4 Å². The van der Waals surface area contributed by atoms with Gasteiger partial charge in [-0.2, -0.15) is 0 Å². The average molecular weight is 291 g/mol. The molecule has 0 unspecified atom stereocenters. The fourth-order valence-corrected chi connectivity index (χ4v) is 1.76. The molecule has 3 heteroatoms. The Bertz CT molecular complexity index is 331. The SMILES string of the molecule is CC(C)(C)CCNc1cc(Cl)ccc1Br. The molecule has 0 aromatic heterocycles. The van der Waals surface area contributed by atoms with Crippen molar-refractivity contribution in [1.29, 1.82) is 0 Å². The highest BCUT2D eigenvalue weighted by atomic mass is 79.9. The minimum atomic E-state index is 0.359. The molecule has 0 radical (unpaired) electrons. The fraction of sp³-hybridized carbons (Fsp3) is 0.500. The molecular formula is C12H17BrClN. The number of benzene rings is 1. The first-order valence-electron chi connectivity index (χ1n) is 5.07. The van der Waals surface area contributed by atoms with Gasteiger partial charge in [-0.15, -0.1) is 0 Å². The quantitative estimate of drug-likeness (QED) is 0.830. The van der Waals surface area contributed by atoms with Crippen LogP contribution in [0.3, 0.4) is 0 Å². The molecule has 1 aromatic rings. The monoisotopic (exact) mass is 289 g/mol. The van der Waals surface area contributed by atoms with E-state index >= 15 is 0 Å². The molecule has 0 saturated heterocycles. The van der Waals surface area contributed by atoms with Crippen LogP contribution in [-0.2, 0) is 0 Å². The lowest BCUT2D eigenvalue weighted by molar-refractivity contribution is 0.390. The standard InChI is InChI=1S/C12H17BrClN/c1-12(2,3)6-7-15-11-8-9(14)4-5-10(11)13/h4-5,8,15H,6-7H2,1-3H3. The molecule has 1 aromatic carbocycles. The summed E-state index contributed by atoms with van der Waals surface area (Å²) >= 11 is 9.41. The first kappa shape index (κ1) is 12.9. The summed E-state index contributed by atoms with van der Waals surface area (Å²) < 4.78 is 1.06. The second-order valence-corrected chi connectivity index (χ2v) is 6.15. The minimum absolute atomic E-state index is 0.359. The van der Waals surface area contributed by atoms with Gasteiger partial charge in [0.15, 0.2) is 0 Å². The summed E-state index contributed by atoms with van der Waals surface area (Å²) in [5.41, 5.74) is 1.42. The van der Waals surface area contributed by atoms with Crippen molar-refractivity contribution in [3.8, 4) is 0 Å². The smallest absolute Gasteiger partial charge is 0.0499 e. The number of halogens is 2. The van der Waals surface area contributed by atoms with Crippen LogP contribution in [0.15, 0.2) is 22.7 Å². The van der Waals surface area contributed by atoms with Gasteiger partial charge in [-0.3, -0.25) is 0 Å². The number of rotatable bonds is 3. The number of hydrogen-bond acceptors (Lipinski definition) is 1. The lowest BCUT2D eigenvalue weighted by Gasteiger charge is -2.19. The third-order valence-corrected chi connectivity index (χ3v) is 3.05. The zero-order chi connectivity index (χ0) is 11.5. The van der Waals surface area contributed by atoms with E-state index in [-0.39, 0.29) is 0 Å². The van der Waals surface area contributed by atoms with Crippen molar-refractivity contribution in [1.82, 2.24) is 0 Å². The summed E-state index contributed by atoms with van der Waals surface area (Å²) in [5, 5.41) is 4.14. The maximum atomic E-state index is 5.92. The van der Waals surface area contributed by atoms with E-state index in [2.05, 4.69) is 42.0 Å². The molecule has 1 rings (SSSR count). The second kappa shape index (κ2) is 5.22.